The maximum atomic E-state index is 13.0. The lowest BCUT2D eigenvalue weighted by Gasteiger charge is -1.86. The van der Waals surface area contributed by atoms with E-state index >= 15 is 0 Å². The molecular formula is C8H3FN2S. The van der Waals surface area contributed by atoms with Gasteiger partial charge in [-0.05, 0) is 12.1 Å². The first-order valence-electron chi connectivity index (χ1n) is 3.26. The van der Waals surface area contributed by atoms with Crippen LogP contribution in [-0.4, -0.2) is 4.98 Å². The molecule has 2 aromatic rings. The van der Waals surface area contributed by atoms with Gasteiger partial charge in [-0.25, -0.2) is 9.37 Å². The summed E-state index contributed by atoms with van der Waals surface area (Å²) in [6, 6.07) is 6.52. The Hall–Kier alpha value is -1.47. The maximum Gasteiger partial charge on any atom is 0.195 e. The minimum Gasteiger partial charge on any atom is -0.226 e. The Morgan fingerprint density at radius 1 is 1.50 bits per heavy atom. The second-order valence-electron chi connectivity index (χ2n) is 2.22. The van der Waals surface area contributed by atoms with Gasteiger partial charge in [0.25, 0.3) is 0 Å². The number of nitrogens with zero attached hydrogens (tertiary/aromatic N) is 2. The summed E-state index contributed by atoms with van der Waals surface area (Å²) in [5, 5.41) is 8.81. The molecule has 0 saturated heterocycles. The van der Waals surface area contributed by atoms with E-state index in [-0.39, 0.29) is 5.82 Å². The van der Waals surface area contributed by atoms with Crippen molar-refractivity contribution in [1.29, 1.82) is 5.26 Å². The molecule has 0 spiro atoms. The van der Waals surface area contributed by atoms with Crippen molar-refractivity contribution in [2.45, 2.75) is 0 Å². The Balaban J connectivity index is 2.85. The number of hydrogen-bond donors (Lipinski definition) is 0. The van der Waals surface area contributed by atoms with Gasteiger partial charge < -0.3 is 0 Å². The number of halogens is 1. The predicted molar refractivity (Wildman–Crippen MR) is 44.3 cm³/mol. The van der Waals surface area contributed by atoms with E-state index in [1.807, 2.05) is 6.07 Å². The van der Waals surface area contributed by atoms with Gasteiger partial charge in [0.2, 0.25) is 0 Å². The Morgan fingerprint density at radius 3 is 3.00 bits per heavy atom. The van der Waals surface area contributed by atoms with Crippen molar-refractivity contribution in [2.75, 3.05) is 0 Å². The molecule has 0 N–H and O–H groups in total. The summed E-state index contributed by atoms with van der Waals surface area (Å²) < 4.78 is 13.4. The Morgan fingerprint density at radius 2 is 2.33 bits per heavy atom. The summed E-state index contributed by atoms with van der Waals surface area (Å²) in [5.74, 6) is -0.313. The van der Waals surface area contributed by atoms with E-state index in [4.69, 9.17) is 5.26 Å². The van der Waals surface area contributed by atoms with Crippen LogP contribution in [0, 0.1) is 17.1 Å². The summed E-state index contributed by atoms with van der Waals surface area (Å²) >= 11 is 1.08. The highest BCUT2D eigenvalue weighted by Gasteiger charge is 2.05. The minimum atomic E-state index is -0.313. The highest BCUT2D eigenvalue weighted by atomic mass is 32.1. The van der Waals surface area contributed by atoms with Crippen molar-refractivity contribution < 1.29 is 4.39 Å². The molecule has 0 saturated carbocycles. The number of thiazole rings is 1. The lowest BCUT2D eigenvalue weighted by atomic mass is 10.3. The molecule has 58 valence electrons. The molecule has 2 nitrogen and oxygen atoms in total. The van der Waals surface area contributed by atoms with Gasteiger partial charge in [0.15, 0.2) is 5.01 Å². The van der Waals surface area contributed by atoms with Crippen LogP contribution in [0.5, 0.6) is 0 Å². The van der Waals surface area contributed by atoms with Gasteiger partial charge in [-0.15, -0.1) is 11.3 Å². The third-order valence-corrected chi connectivity index (χ3v) is 2.45. The number of hydrogen-bond acceptors (Lipinski definition) is 3. The van der Waals surface area contributed by atoms with Crippen LogP contribution < -0.4 is 0 Å². The molecule has 1 heterocycles. The standard InChI is InChI=1S/C8H3FN2S/c9-5-2-1-3-6-8(5)12-7(4-10)11-6/h1-3H. The van der Waals surface area contributed by atoms with Crippen LogP contribution in [0.3, 0.4) is 0 Å². The van der Waals surface area contributed by atoms with Crippen LogP contribution in [0.4, 0.5) is 4.39 Å². The quantitative estimate of drug-likeness (QED) is 0.620. The van der Waals surface area contributed by atoms with Gasteiger partial charge in [0.1, 0.15) is 11.9 Å². The van der Waals surface area contributed by atoms with Gasteiger partial charge in [-0.3, -0.25) is 0 Å². The zero-order valence-corrected chi connectivity index (χ0v) is 6.73. The van der Waals surface area contributed by atoms with Crippen LogP contribution in [0.2, 0.25) is 0 Å². The van der Waals surface area contributed by atoms with Crippen LogP contribution >= 0.6 is 11.3 Å². The second-order valence-corrected chi connectivity index (χ2v) is 3.22. The largest absolute Gasteiger partial charge is 0.226 e. The smallest absolute Gasteiger partial charge is 0.195 e. The SMILES string of the molecule is N#Cc1nc2cccc(F)c2s1. The minimum absolute atomic E-state index is 0.301. The second kappa shape index (κ2) is 2.54. The summed E-state index contributed by atoms with van der Waals surface area (Å²) in [4.78, 5) is 3.91. The molecule has 0 aliphatic heterocycles. The Labute approximate surface area is 71.9 Å². The topological polar surface area (TPSA) is 36.7 Å². The zero-order chi connectivity index (χ0) is 8.55. The zero-order valence-electron chi connectivity index (χ0n) is 5.91. The van der Waals surface area contributed by atoms with E-state index in [9.17, 15) is 4.39 Å². The molecule has 1 aromatic heterocycles. The van der Waals surface area contributed by atoms with Crippen LogP contribution in [0.15, 0.2) is 18.2 Å². The van der Waals surface area contributed by atoms with Gasteiger partial charge >= 0.3 is 0 Å². The summed E-state index contributed by atoms with van der Waals surface area (Å²) in [7, 11) is 0. The lowest BCUT2D eigenvalue weighted by Crippen LogP contribution is -1.72. The van der Waals surface area contributed by atoms with Gasteiger partial charge in [-0.2, -0.15) is 5.26 Å². The van der Waals surface area contributed by atoms with Crippen LogP contribution in [-0.2, 0) is 0 Å². The third-order valence-electron chi connectivity index (χ3n) is 1.46. The molecule has 0 atom stereocenters. The molecule has 0 bridgehead atoms. The number of benzene rings is 1. The van der Waals surface area contributed by atoms with E-state index in [1.54, 1.807) is 12.1 Å². The molecule has 2 rings (SSSR count). The molecule has 0 fully saturated rings. The van der Waals surface area contributed by atoms with Crippen molar-refractivity contribution in [1.82, 2.24) is 4.98 Å². The molecular weight excluding hydrogens is 175 g/mol. The fraction of sp³-hybridized carbons (Fsp3) is 0. The normalized spacial score (nSPS) is 10.0. The molecule has 0 aliphatic rings. The third kappa shape index (κ3) is 0.953. The fourth-order valence-corrected chi connectivity index (χ4v) is 1.73. The van der Waals surface area contributed by atoms with Crippen molar-refractivity contribution in [3.63, 3.8) is 0 Å². The fourth-order valence-electron chi connectivity index (χ4n) is 0.963. The van der Waals surface area contributed by atoms with E-state index in [0.717, 1.165) is 11.3 Å². The predicted octanol–water partition coefficient (Wildman–Crippen LogP) is 2.31. The first-order chi connectivity index (χ1) is 5.81. The summed E-state index contributed by atoms with van der Waals surface area (Å²) in [6.07, 6.45) is 0. The summed E-state index contributed by atoms with van der Waals surface area (Å²) in [6.45, 7) is 0. The molecule has 0 unspecified atom stereocenters. The van der Waals surface area contributed by atoms with E-state index in [1.165, 1.54) is 6.07 Å². The van der Waals surface area contributed by atoms with E-state index < -0.39 is 0 Å². The highest BCUT2D eigenvalue weighted by Crippen LogP contribution is 2.23. The van der Waals surface area contributed by atoms with Gasteiger partial charge in [0, 0.05) is 0 Å². The molecule has 0 aliphatic carbocycles. The first-order valence-corrected chi connectivity index (χ1v) is 4.08. The number of fused-ring (bicyclic) bond motifs is 1. The summed E-state index contributed by atoms with van der Waals surface area (Å²) in [5.41, 5.74) is 0.552. The average molecular weight is 178 g/mol. The van der Waals surface area contributed by atoms with E-state index in [0.29, 0.717) is 15.2 Å². The molecule has 12 heavy (non-hydrogen) atoms. The Kier molecular flexibility index (Phi) is 1.52. The van der Waals surface area contributed by atoms with E-state index in [2.05, 4.69) is 4.98 Å². The monoisotopic (exact) mass is 178 g/mol. The molecule has 0 amide bonds. The first kappa shape index (κ1) is 7.19. The van der Waals surface area contributed by atoms with Gasteiger partial charge in [-0.1, -0.05) is 6.07 Å². The lowest BCUT2D eigenvalue weighted by molar-refractivity contribution is 0.641. The van der Waals surface area contributed by atoms with Crippen molar-refractivity contribution >= 4 is 21.6 Å². The maximum absolute atomic E-state index is 13.0. The number of nitriles is 1. The van der Waals surface area contributed by atoms with Crippen molar-refractivity contribution in [2.24, 2.45) is 0 Å². The molecule has 4 heteroatoms. The number of aromatic nitrogens is 1. The van der Waals surface area contributed by atoms with Gasteiger partial charge in [0.05, 0.1) is 10.2 Å². The molecule has 0 radical (unpaired) electrons. The average Bonchev–Trinajstić information content (AvgIpc) is 2.49. The highest BCUT2D eigenvalue weighted by molar-refractivity contribution is 7.19. The van der Waals surface area contributed by atoms with Crippen molar-refractivity contribution in [3.8, 4) is 6.07 Å². The Bertz CT molecular complexity index is 469. The van der Waals surface area contributed by atoms with Crippen LogP contribution in [0.1, 0.15) is 5.01 Å². The van der Waals surface area contributed by atoms with Crippen LogP contribution in [0.25, 0.3) is 10.2 Å². The van der Waals surface area contributed by atoms with Crippen molar-refractivity contribution in [3.05, 3.63) is 29.0 Å². The number of rotatable bonds is 0. The molecule has 1 aromatic carbocycles.